The Balaban J connectivity index is 4.12. The third-order valence-corrected chi connectivity index (χ3v) is 3.99. The van der Waals surface area contributed by atoms with Crippen LogP contribution in [-0.4, -0.2) is 66.7 Å². The summed E-state index contributed by atoms with van der Waals surface area (Å²) in [5.74, 6) is 1.00. The van der Waals surface area contributed by atoms with Crippen LogP contribution in [0.5, 0.6) is 0 Å². The first kappa shape index (κ1) is 20.2. The van der Waals surface area contributed by atoms with Crippen molar-refractivity contribution in [3.8, 4) is 0 Å². The zero-order valence-corrected chi connectivity index (χ0v) is 14.2. The van der Waals surface area contributed by atoms with Gasteiger partial charge >= 0.3 is 5.97 Å². The minimum Gasteiger partial charge on any atom is -0.465 e. The molecule has 3 N–H and O–H groups in total. The highest BCUT2D eigenvalue weighted by molar-refractivity contribution is 7.99. The Labute approximate surface area is 131 Å². The van der Waals surface area contributed by atoms with Gasteiger partial charge in [-0.05, 0) is 32.4 Å². The van der Waals surface area contributed by atoms with Crippen LogP contribution in [0.2, 0.25) is 0 Å². The Morgan fingerprint density at radius 1 is 1.33 bits per heavy atom. The topological polar surface area (TPSA) is 92.9 Å². The van der Waals surface area contributed by atoms with E-state index in [-0.39, 0.29) is 24.9 Å². The number of carbonyl (C=O) groups is 2. The third kappa shape index (κ3) is 8.28. The van der Waals surface area contributed by atoms with E-state index < -0.39 is 11.5 Å². The predicted octanol–water partition coefficient (Wildman–Crippen LogP) is 0.477. The minimum atomic E-state index is -0.788. The zero-order valence-electron chi connectivity index (χ0n) is 13.4. The van der Waals surface area contributed by atoms with Gasteiger partial charge in [-0.25, -0.2) is 0 Å². The fraction of sp³-hybridized carbons (Fsp3) is 0.857. The summed E-state index contributed by atoms with van der Waals surface area (Å²) in [6.45, 7) is 3.98. The Morgan fingerprint density at radius 3 is 2.48 bits per heavy atom. The number of rotatable bonds is 10. The summed E-state index contributed by atoms with van der Waals surface area (Å²) in [5, 5.41) is 8.64. The number of nitrogens with two attached hydrogens (primary N) is 1. The van der Waals surface area contributed by atoms with E-state index in [0.29, 0.717) is 12.4 Å². The molecule has 0 rings (SSSR count). The highest BCUT2D eigenvalue weighted by atomic mass is 32.2. The second kappa shape index (κ2) is 10.0. The quantitative estimate of drug-likeness (QED) is 0.449. The predicted molar refractivity (Wildman–Crippen MR) is 85.1 cm³/mol. The molecule has 1 unspecified atom stereocenters. The summed E-state index contributed by atoms with van der Waals surface area (Å²) in [4.78, 5) is 25.2. The van der Waals surface area contributed by atoms with Crippen molar-refractivity contribution in [3.63, 3.8) is 0 Å². The van der Waals surface area contributed by atoms with E-state index in [2.05, 4.69) is 0 Å². The van der Waals surface area contributed by atoms with E-state index in [1.54, 1.807) is 39.7 Å². The van der Waals surface area contributed by atoms with Gasteiger partial charge in [-0.2, -0.15) is 11.8 Å². The molecule has 0 saturated heterocycles. The number of likely N-dealkylation sites (N-methyl/N-ethyl adjacent to an activating group) is 1. The van der Waals surface area contributed by atoms with Gasteiger partial charge in [0, 0.05) is 19.8 Å². The SMILES string of the molecule is CN(C)C(=O)C(N)CC(C)(C)C(=O)OCCCSCCO. The van der Waals surface area contributed by atoms with Crippen LogP contribution in [0.25, 0.3) is 0 Å². The number of nitrogens with zero attached hydrogens (tertiary/aromatic N) is 1. The number of carbonyl (C=O) groups excluding carboxylic acids is 2. The largest absolute Gasteiger partial charge is 0.465 e. The van der Waals surface area contributed by atoms with Crippen molar-refractivity contribution >= 4 is 23.6 Å². The molecule has 0 spiro atoms. The summed E-state index contributed by atoms with van der Waals surface area (Å²) < 4.78 is 5.23. The number of aliphatic hydroxyl groups is 1. The van der Waals surface area contributed by atoms with Gasteiger partial charge in [0.05, 0.1) is 24.7 Å². The first-order chi connectivity index (χ1) is 9.72. The van der Waals surface area contributed by atoms with Crippen molar-refractivity contribution in [2.45, 2.75) is 32.7 Å². The lowest BCUT2D eigenvalue weighted by Crippen LogP contribution is -2.44. The number of amides is 1. The van der Waals surface area contributed by atoms with Gasteiger partial charge in [0.2, 0.25) is 5.91 Å². The summed E-state index contributed by atoms with van der Waals surface area (Å²) in [5.41, 5.74) is 5.04. The Bertz CT molecular complexity index is 335. The van der Waals surface area contributed by atoms with Crippen LogP contribution in [0.15, 0.2) is 0 Å². The van der Waals surface area contributed by atoms with Crippen LogP contribution in [0.4, 0.5) is 0 Å². The molecule has 0 aromatic heterocycles. The Hall–Kier alpha value is -0.790. The van der Waals surface area contributed by atoms with E-state index in [4.69, 9.17) is 15.6 Å². The molecule has 0 aromatic carbocycles. The number of hydrogen-bond donors (Lipinski definition) is 2. The first-order valence-electron chi connectivity index (χ1n) is 7.05. The van der Waals surface area contributed by atoms with Crippen LogP contribution in [-0.2, 0) is 14.3 Å². The summed E-state index contributed by atoms with van der Waals surface area (Å²) in [7, 11) is 3.27. The van der Waals surface area contributed by atoms with Crippen LogP contribution in [0.3, 0.4) is 0 Å². The fourth-order valence-corrected chi connectivity index (χ4v) is 2.40. The van der Waals surface area contributed by atoms with Crippen molar-refractivity contribution in [1.29, 1.82) is 0 Å². The molecule has 6 nitrogen and oxygen atoms in total. The molecule has 0 fully saturated rings. The van der Waals surface area contributed by atoms with Crippen molar-refractivity contribution in [2.24, 2.45) is 11.1 Å². The second-order valence-electron chi connectivity index (χ2n) is 5.75. The third-order valence-electron chi connectivity index (χ3n) is 2.94. The molecule has 0 aromatic rings. The number of ether oxygens (including phenoxy) is 1. The molecule has 0 saturated carbocycles. The molecule has 0 heterocycles. The van der Waals surface area contributed by atoms with Gasteiger partial charge in [-0.15, -0.1) is 0 Å². The maximum Gasteiger partial charge on any atom is 0.311 e. The highest BCUT2D eigenvalue weighted by Crippen LogP contribution is 2.24. The van der Waals surface area contributed by atoms with Crippen LogP contribution in [0, 0.1) is 5.41 Å². The van der Waals surface area contributed by atoms with Crippen LogP contribution < -0.4 is 5.73 Å². The van der Waals surface area contributed by atoms with E-state index >= 15 is 0 Å². The molecule has 0 aliphatic rings. The average Bonchev–Trinajstić information content (AvgIpc) is 2.40. The molecule has 1 amide bonds. The van der Waals surface area contributed by atoms with Gasteiger partial charge in [0.1, 0.15) is 0 Å². The number of thioether (sulfide) groups is 1. The minimum absolute atomic E-state index is 0.162. The first-order valence-corrected chi connectivity index (χ1v) is 8.20. The molecular formula is C14H28N2O4S. The molecule has 124 valence electrons. The summed E-state index contributed by atoms with van der Waals surface area (Å²) >= 11 is 1.62. The molecule has 0 aliphatic heterocycles. The van der Waals surface area contributed by atoms with Crippen molar-refractivity contribution in [3.05, 3.63) is 0 Å². The molecule has 1 atom stereocenters. The number of esters is 1. The number of hydrogen-bond acceptors (Lipinski definition) is 6. The fourth-order valence-electron chi connectivity index (χ4n) is 1.74. The molecule has 21 heavy (non-hydrogen) atoms. The van der Waals surface area contributed by atoms with E-state index in [0.717, 1.165) is 12.2 Å². The lowest BCUT2D eigenvalue weighted by molar-refractivity contribution is -0.154. The molecule has 0 bridgehead atoms. The normalized spacial score (nSPS) is 12.9. The van der Waals surface area contributed by atoms with Crippen molar-refractivity contribution in [2.75, 3.05) is 38.8 Å². The van der Waals surface area contributed by atoms with E-state index in [1.807, 2.05) is 0 Å². The highest BCUT2D eigenvalue weighted by Gasteiger charge is 2.34. The van der Waals surface area contributed by atoms with E-state index in [1.165, 1.54) is 4.90 Å². The zero-order chi connectivity index (χ0) is 16.5. The molecule has 0 aliphatic carbocycles. The Morgan fingerprint density at radius 2 is 1.95 bits per heavy atom. The summed E-state index contributed by atoms with van der Waals surface area (Å²) in [6.07, 6.45) is 0.997. The number of aliphatic hydroxyl groups excluding tert-OH is 1. The lowest BCUT2D eigenvalue weighted by Gasteiger charge is -2.26. The smallest absolute Gasteiger partial charge is 0.311 e. The molecule has 7 heteroatoms. The molecular weight excluding hydrogens is 292 g/mol. The molecule has 0 radical (unpaired) electrons. The van der Waals surface area contributed by atoms with Gasteiger partial charge in [-0.1, -0.05) is 0 Å². The van der Waals surface area contributed by atoms with Gasteiger partial charge in [0.15, 0.2) is 0 Å². The van der Waals surface area contributed by atoms with Crippen LogP contribution >= 0.6 is 11.8 Å². The van der Waals surface area contributed by atoms with Gasteiger partial charge < -0.3 is 20.5 Å². The Kier molecular flexibility index (Phi) is 9.65. The monoisotopic (exact) mass is 320 g/mol. The van der Waals surface area contributed by atoms with Gasteiger partial charge in [-0.3, -0.25) is 9.59 Å². The van der Waals surface area contributed by atoms with Crippen molar-refractivity contribution in [1.82, 2.24) is 4.90 Å². The summed E-state index contributed by atoms with van der Waals surface area (Å²) in [6, 6.07) is -0.706. The second-order valence-corrected chi connectivity index (χ2v) is 6.98. The average molecular weight is 320 g/mol. The van der Waals surface area contributed by atoms with E-state index in [9.17, 15) is 9.59 Å². The maximum absolute atomic E-state index is 12.0. The lowest BCUT2D eigenvalue weighted by atomic mass is 9.85. The van der Waals surface area contributed by atoms with Crippen molar-refractivity contribution < 1.29 is 19.4 Å². The van der Waals surface area contributed by atoms with Gasteiger partial charge in [0.25, 0.3) is 0 Å². The van der Waals surface area contributed by atoms with Crippen LogP contribution in [0.1, 0.15) is 26.7 Å². The maximum atomic E-state index is 12.0. The standard InChI is InChI=1S/C14H28N2O4S/c1-14(2,10-11(15)12(18)16(3)4)13(19)20-7-5-8-21-9-6-17/h11,17H,5-10,15H2,1-4H3.